The summed E-state index contributed by atoms with van der Waals surface area (Å²) in [5.74, 6) is 4.09. The molecule has 29 heteroatoms. The van der Waals surface area contributed by atoms with Crippen LogP contribution in [0.1, 0.15) is 50.2 Å². The number of aryl methyl sites for hydroxylation is 2. The first-order valence-electron chi connectivity index (χ1n) is 26.6. The second kappa shape index (κ2) is 26.4. The van der Waals surface area contributed by atoms with Crippen molar-refractivity contribution in [2.75, 3.05) is 103 Å². The molecule has 0 aliphatic carbocycles. The van der Waals surface area contributed by atoms with E-state index in [0.717, 1.165) is 57.6 Å². The molecule has 6 aromatic heterocycles. The van der Waals surface area contributed by atoms with Crippen LogP contribution < -0.4 is 36.1 Å². The summed E-state index contributed by atoms with van der Waals surface area (Å²) in [4.78, 5) is 42.3. The second-order valence-electron chi connectivity index (χ2n) is 19.4. The van der Waals surface area contributed by atoms with E-state index in [2.05, 4.69) is 50.3 Å². The maximum Gasteiger partial charge on any atom is 0.257 e. The number of furan rings is 2. The number of ether oxygens (including phenoxy) is 2. The van der Waals surface area contributed by atoms with Crippen LogP contribution in [0.5, 0.6) is 11.5 Å². The van der Waals surface area contributed by atoms with Crippen LogP contribution in [0, 0.1) is 23.3 Å². The quantitative estimate of drug-likeness (QED) is 0.0584. The Labute approximate surface area is 467 Å². The normalized spacial score (nSPS) is 19.7. The third kappa shape index (κ3) is 14.4. The molecule has 10 heterocycles. The summed E-state index contributed by atoms with van der Waals surface area (Å²) >= 11 is -0.535. The molecule has 6 N–H and O–H groups in total. The van der Waals surface area contributed by atoms with Gasteiger partial charge >= 0.3 is 0 Å². The van der Waals surface area contributed by atoms with Crippen molar-refractivity contribution in [3.05, 3.63) is 96.0 Å². The number of rotatable bonds is 15. The van der Waals surface area contributed by atoms with Gasteiger partial charge in [0.25, 0.3) is 11.6 Å². The monoisotopic (exact) mass is 1160 g/mol. The molecule has 12 rings (SSSR count). The van der Waals surface area contributed by atoms with Crippen LogP contribution in [0.15, 0.2) is 69.9 Å². The van der Waals surface area contributed by atoms with Crippen LogP contribution in [0.2, 0.25) is 0 Å². The Hall–Kier alpha value is -7.47. The molecule has 4 aliphatic rings. The van der Waals surface area contributed by atoms with Gasteiger partial charge in [0, 0.05) is 131 Å². The molecule has 4 fully saturated rings. The van der Waals surface area contributed by atoms with Crippen LogP contribution in [0.25, 0.3) is 34.7 Å². The number of carbonyl (C=O) groups is 1. The maximum atomic E-state index is 14.7. The molecule has 2 aromatic carbocycles. The Kier molecular flexibility index (Phi) is 18.5. The molecule has 0 atom stereocenters. The standard InChI is InChI=1S/C26H30F2N8O3S.C15H21F2N2O2S.C11H10N6O2/c27-18-15-19(28)22(39-17-5-13-40(37)14-6-17)16-20(18)35-10-8-34(9-11-35)7-1-4-23-30-25(29)36-26(31-23)32-24(33-36)21-3-2-12-38-21;16-12-9-13(17)15(21-11-1-7-22(20)8-2-11)10-14(12)19-5-3-18-4-6-19;12-10-13-8(4-1-5-18)14-11-15-9(16-17(10)11)7-3-2-6-19-7/h2-3,12,15-17H,1,4-11,13-14H2,(H2,29,30,31,32,33);9-11,18,20H,1-8H2;2-3,5-6H,1,4H2,(H2,12,13,14,15,16)/q;+1;. The first kappa shape index (κ1) is 56.8. The topological polar surface area (TPSA) is 285 Å². The van der Waals surface area contributed by atoms with Gasteiger partial charge in [0.15, 0.2) is 34.7 Å². The molecule has 4 aliphatic heterocycles. The highest BCUT2D eigenvalue weighted by Crippen LogP contribution is 2.33. The molecule has 430 valence electrons. The lowest BCUT2D eigenvalue weighted by molar-refractivity contribution is -0.107. The number of piperazine rings is 2. The van der Waals surface area contributed by atoms with Gasteiger partial charge in [-0.3, -0.25) is 9.11 Å². The van der Waals surface area contributed by atoms with Gasteiger partial charge in [0.05, 0.1) is 23.9 Å². The number of carbonyl (C=O) groups excluding carboxylic acids is 1. The largest absolute Gasteiger partial charge is 0.487 e. The molecule has 0 amide bonds. The van der Waals surface area contributed by atoms with E-state index in [4.69, 9.17) is 29.8 Å². The smallest absolute Gasteiger partial charge is 0.257 e. The summed E-state index contributed by atoms with van der Waals surface area (Å²) in [6, 6.07) is 11.7. The van der Waals surface area contributed by atoms with Gasteiger partial charge in [0.2, 0.25) is 23.5 Å². The zero-order chi connectivity index (χ0) is 56.4. The number of nitrogens with zero attached hydrogens (tertiary/aromatic N) is 13. The number of halogens is 4. The van der Waals surface area contributed by atoms with Gasteiger partial charge in [0.1, 0.15) is 64.5 Å². The van der Waals surface area contributed by atoms with Gasteiger partial charge in [-0.15, -0.1) is 10.2 Å². The van der Waals surface area contributed by atoms with Crippen molar-refractivity contribution in [2.45, 2.75) is 63.6 Å². The Bertz CT molecular complexity index is 3400. The number of benzene rings is 2. The fourth-order valence-electron chi connectivity index (χ4n) is 9.56. The third-order valence-corrected chi connectivity index (χ3v) is 16.6. The number of hydrogen-bond donors (Lipinski definition) is 4. The molecule has 4 saturated heterocycles. The van der Waals surface area contributed by atoms with E-state index >= 15 is 0 Å². The van der Waals surface area contributed by atoms with Crippen molar-refractivity contribution >= 4 is 63.1 Å². The summed E-state index contributed by atoms with van der Waals surface area (Å²) < 4.78 is 103. The lowest BCUT2D eigenvalue weighted by Crippen LogP contribution is -2.47. The summed E-state index contributed by atoms with van der Waals surface area (Å²) in [5, 5.41) is 11.7. The predicted molar refractivity (Wildman–Crippen MR) is 295 cm³/mol. The average molecular weight is 1160 g/mol. The summed E-state index contributed by atoms with van der Waals surface area (Å²) in [6.07, 6.45) is 8.40. The molecule has 0 radical (unpaired) electrons. The summed E-state index contributed by atoms with van der Waals surface area (Å²) in [5.41, 5.74) is 12.6. The molecule has 0 bridgehead atoms. The van der Waals surface area contributed by atoms with E-state index in [0.29, 0.717) is 152 Å². The molecular weight excluding hydrogens is 1100 g/mol. The van der Waals surface area contributed by atoms with Gasteiger partial charge in [-0.05, 0) is 50.1 Å². The lowest BCUT2D eigenvalue weighted by Gasteiger charge is -2.36. The Balaban J connectivity index is 0.000000151. The van der Waals surface area contributed by atoms with Gasteiger partial charge < -0.3 is 49.7 Å². The molecular formula is C52H61F4N16O7S2+. The molecule has 0 unspecified atom stereocenters. The number of nitrogens with one attached hydrogen (secondary N) is 1. The Morgan fingerprint density at radius 1 is 0.679 bits per heavy atom. The van der Waals surface area contributed by atoms with Crippen LogP contribution >= 0.6 is 0 Å². The number of hydrogen-bond acceptors (Lipinski definition) is 21. The van der Waals surface area contributed by atoms with Gasteiger partial charge in [-0.25, -0.2) is 17.6 Å². The molecule has 0 saturated carbocycles. The number of aromatic nitrogens is 10. The fourth-order valence-corrected chi connectivity index (χ4v) is 12.1. The minimum absolute atomic E-state index is 0.0525. The SMILES string of the molecule is Nc1nc(CCC=O)nc2nc(-c3ccco3)nn12.Nc1nc(CCCN2CCN(c3cc(OC4CCS(=O)CC4)c(F)cc3F)CC2)nc2nc(-c3ccco3)nn12.O[S+]1CCC(Oc2cc(N3CCNCC3)c(F)cc2F)CC1. The van der Waals surface area contributed by atoms with Crippen molar-refractivity contribution in [3.8, 4) is 34.7 Å². The molecule has 8 aromatic rings. The highest BCUT2D eigenvalue weighted by Gasteiger charge is 2.30. The van der Waals surface area contributed by atoms with Gasteiger partial charge in [-0.2, -0.15) is 43.5 Å². The number of nitrogens with two attached hydrogens (primary N) is 2. The summed E-state index contributed by atoms with van der Waals surface area (Å²) in [7, 11) is -0.833. The summed E-state index contributed by atoms with van der Waals surface area (Å²) in [6.45, 7) is 6.46. The second-order valence-corrected chi connectivity index (χ2v) is 22.9. The van der Waals surface area contributed by atoms with Crippen LogP contribution in [-0.4, -0.2) is 163 Å². The van der Waals surface area contributed by atoms with Crippen molar-refractivity contribution in [1.29, 1.82) is 0 Å². The molecule has 0 spiro atoms. The first-order valence-corrected chi connectivity index (χ1v) is 29.6. The number of fused-ring (bicyclic) bond motifs is 2. The number of anilines is 4. The maximum absolute atomic E-state index is 14.7. The van der Waals surface area contributed by atoms with E-state index < -0.39 is 45.2 Å². The Morgan fingerprint density at radius 3 is 1.69 bits per heavy atom. The van der Waals surface area contributed by atoms with Crippen LogP contribution in [0.4, 0.5) is 40.8 Å². The third-order valence-electron chi connectivity index (χ3n) is 13.8. The highest BCUT2D eigenvalue weighted by atomic mass is 32.2. The van der Waals surface area contributed by atoms with Crippen LogP contribution in [0.3, 0.4) is 0 Å². The van der Waals surface area contributed by atoms with Crippen molar-refractivity contribution in [2.24, 2.45) is 0 Å². The zero-order valence-corrected chi connectivity index (χ0v) is 45.7. The van der Waals surface area contributed by atoms with E-state index in [1.165, 1.54) is 27.4 Å². The number of aldehydes is 1. The fraction of sp³-hybridized carbons (Fsp3) is 0.442. The first-order chi connectivity index (χ1) is 39.3. The average Bonchev–Trinajstić information content (AvgIpc) is 4.47. The minimum atomic E-state index is -0.833. The van der Waals surface area contributed by atoms with Crippen molar-refractivity contribution in [1.82, 2.24) is 59.3 Å². The number of nitrogen functional groups attached to an aromatic ring is 2. The van der Waals surface area contributed by atoms with Crippen molar-refractivity contribution < 1.29 is 49.4 Å². The van der Waals surface area contributed by atoms with E-state index in [9.17, 15) is 31.1 Å². The lowest BCUT2D eigenvalue weighted by atomic mass is 10.2. The van der Waals surface area contributed by atoms with Gasteiger partial charge in [-0.1, -0.05) is 0 Å². The molecule has 23 nitrogen and oxygen atoms in total. The molecule has 81 heavy (non-hydrogen) atoms. The predicted octanol–water partition coefficient (Wildman–Crippen LogP) is 5.18. The van der Waals surface area contributed by atoms with E-state index in [1.807, 2.05) is 9.80 Å². The zero-order valence-electron chi connectivity index (χ0n) is 44.0. The Morgan fingerprint density at radius 2 is 1.19 bits per heavy atom. The van der Waals surface area contributed by atoms with Crippen LogP contribution in [-0.2, 0) is 39.6 Å². The van der Waals surface area contributed by atoms with E-state index in [-0.39, 0.29) is 35.6 Å². The minimum Gasteiger partial charge on any atom is -0.487 e. The highest BCUT2D eigenvalue weighted by molar-refractivity contribution is 7.91. The van der Waals surface area contributed by atoms with Crippen molar-refractivity contribution in [3.63, 3.8) is 0 Å². The van der Waals surface area contributed by atoms with E-state index in [1.54, 1.807) is 30.5 Å².